The topological polar surface area (TPSA) is 12.5 Å². The van der Waals surface area contributed by atoms with Crippen molar-refractivity contribution >= 4 is 0 Å². The van der Waals surface area contributed by atoms with Crippen LogP contribution in [0, 0.1) is 0 Å². The Labute approximate surface area is 74.9 Å². The third-order valence-electron chi connectivity index (χ3n) is 2.93. The van der Waals surface area contributed by atoms with Gasteiger partial charge >= 0.3 is 0 Å². The second-order valence-electron chi connectivity index (χ2n) is 4.00. The van der Waals surface area contributed by atoms with E-state index < -0.39 is 0 Å². The molecule has 0 spiro atoms. The summed E-state index contributed by atoms with van der Waals surface area (Å²) < 4.78 is 5.61. The lowest BCUT2D eigenvalue weighted by atomic mass is 10.1. The predicted octanol–water partition coefficient (Wildman–Crippen LogP) is 1.65. The maximum atomic E-state index is 5.61. The van der Waals surface area contributed by atoms with Crippen LogP contribution in [0.4, 0.5) is 0 Å². The van der Waals surface area contributed by atoms with E-state index in [0.717, 1.165) is 6.61 Å². The fourth-order valence-electron chi connectivity index (χ4n) is 2.22. The molecule has 0 aromatic rings. The normalized spacial score (nSPS) is 32.5. The summed E-state index contributed by atoms with van der Waals surface area (Å²) in [5, 5.41) is 0. The molecule has 70 valence electrons. The molecule has 12 heavy (non-hydrogen) atoms. The molecule has 0 aromatic carbocycles. The Hall–Kier alpha value is -0.0800. The monoisotopic (exact) mass is 169 g/mol. The van der Waals surface area contributed by atoms with Crippen LogP contribution < -0.4 is 0 Å². The van der Waals surface area contributed by atoms with Gasteiger partial charge in [0.2, 0.25) is 0 Å². The number of rotatable bonds is 2. The van der Waals surface area contributed by atoms with Gasteiger partial charge in [-0.25, -0.2) is 0 Å². The number of ether oxygens (including phenoxy) is 1. The Balaban J connectivity index is 1.69. The molecule has 2 heterocycles. The molecular weight excluding hydrogens is 150 g/mol. The van der Waals surface area contributed by atoms with Gasteiger partial charge in [0, 0.05) is 13.2 Å². The van der Waals surface area contributed by atoms with Crippen molar-refractivity contribution in [2.45, 2.75) is 38.2 Å². The Morgan fingerprint density at radius 1 is 1.08 bits per heavy atom. The number of piperidine rings is 1. The predicted molar refractivity (Wildman–Crippen MR) is 49.3 cm³/mol. The van der Waals surface area contributed by atoms with Crippen molar-refractivity contribution in [2.24, 2.45) is 0 Å². The Bertz CT molecular complexity index is 126. The molecule has 0 aliphatic carbocycles. The van der Waals surface area contributed by atoms with Crippen molar-refractivity contribution in [3.05, 3.63) is 0 Å². The molecule has 0 N–H and O–H groups in total. The minimum absolute atomic E-state index is 0.558. The number of nitrogens with zero attached hydrogens (tertiary/aromatic N) is 1. The zero-order valence-electron chi connectivity index (χ0n) is 7.80. The molecule has 2 nitrogen and oxygen atoms in total. The summed E-state index contributed by atoms with van der Waals surface area (Å²) in [4.78, 5) is 2.57. The van der Waals surface area contributed by atoms with E-state index in [1.54, 1.807) is 0 Å². The first-order chi connectivity index (χ1) is 5.95. The second-order valence-corrected chi connectivity index (χ2v) is 4.00. The maximum Gasteiger partial charge on any atom is 0.0702 e. The molecule has 2 saturated heterocycles. The zero-order valence-corrected chi connectivity index (χ0v) is 7.80. The van der Waals surface area contributed by atoms with Crippen LogP contribution in [0.15, 0.2) is 0 Å². The highest BCUT2D eigenvalue weighted by atomic mass is 16.5. The lowest BCUT2D eigenvalue weighted by molar-refractivity contribution is 0.0667. The van der Waals surface area contributed by atoms with E-state index in [-0.39, 0.29) is 0 Å². The van der Waals surface area contributed by atoms with Crippen molar-refractivity contribution < 1.29 is 4.74 Å². The van der Waals surface area contributed by atoms with Crippen molar-refractivity contribution in [3.8, 4) is 0 Å². The lowest BCUT2D eigenvalue weighted by Crippen LogP contribution is -2.36. The van der Waals surface area contributed by atoms with Gasteiger partial charge in [-0.1, -0.05) is 6.42 Å². The first-order valence-electron chi connectivity index (χ1n) is 5.29. The first kappa shape index (κ1) is 8.52. The van der Waals surface area contributed by atoms with Gasteiger partial charge in [0.15, 0.2) is 0 Å². The Kier molecular flexibility index (Phi) is 3.01. The van der Waals surface area contributed by atoms with E-state index in [4.69, 9.17) is 4.74 Å². The SMILES string of the molecule is C1CCN(CC2CCCO2)CC1. The Morgan fingerprint density at radius 2 is 1.92 bits per heavy atom. The van der Waals surface area contributed by atoms with Gasteiger partial charge in [0.1, 0.15) is 0 Å². The van der Waals surface area contributed by atoms with Gasteiger partial charge in [-0.3, -0.25) is 0 Å². The van der Waals surface area contributed by atoms with Crippen LogP contribution in [0.5, 0.6) is 0 Å². The van der Waals surface area contributed by atoms with Crippen molar-refractivity contribution in [2.75, 3.05) is 26.2 Å². The van der Waals surface area contributed by atoms with E-state index in [1.807, 2.05) is 0 Å². The third kappa shape index (κ3) is 2.20. The smallest absolute Gasteiger partial charge is 0.0702 e. The molecule has 1 atom stereocenters. The van der Waals surface area contributed by atoms with Crippen LogP contribution >= 0.6 is 0 Å². The van der Waals surface area contributed by atoms with E-state index in [1.165, 1.54) is 51.7 Å². The third-order valence-corrected chi connectivity index (χ3v) is 2.93. The highest BCUT2D eigenvalue weighted by molar-refractivity contribution is 4.72. The van der Waals surface area contributed by atoms with Crippen molar-refractivity contribution in [1.29, 1.82) is 0 Å². The van der Waals surface area contributed by atoms with Gasteiger partial charge < -0.3 is 9.64 Å². The number of hydrogen-bond acceptors (Lipinski definition) is 2. The average Bonchev–Trinajstić information content (AvgIpc) is 2.59. The number of hydrogen-bond donors (Lipinski definition) is 0. The molecule has 2 fully saturated rings. The summed E-state index contributed by atoms with van der Waals surface area (Å²) in [5.41, 5.74) is 0. The van der Waals surface area contributed by atoms with Crippen LogP contribution in [0.3, 0.4) is 0 Å². The quantitative estimate of drug-likeness (QED) is 0.623. The lowest BCUT2D eigenvalue weighted by Gasteiger charge is -2.28. The summed E-state index contributed by atoms with van der Waals surface area (Å²) in [7, 11) is 0. The maximum absolute atomic E-state index is 5.61. The van der Waals surface area contributed by atoms with Crippen LogP contribution in [0.2, 0.25) is 0 Å². The summed E-state index contributed by atoms with van der Waals surface area (Å²) in [6.07, 6.45) is 7.35. The summed E-state index contributed by atoms with van der Waals surface area (Å²) in [6.45, 7) is 4.80. The molecule has 0 amide bonds. The number of likely N-dealkylation sites (tertiary alicyclic amines) is 1. The van der Waals surface area contributed by atoms with Crippen molar-refractivity contribution in [3.63, 3.8) is 0 Å². The minimum atomic E-state index is 0.558. The fraction of sp³-hybridized carbons (Fsp3) is 1.00. The molecular formula is C10H19NO. The van der Waals surface area contributed by atoms with Gasteiger partial charge in [-0.2, -0.15) is 0 Å². The summed E-state index contributed by atoms with van der Waals surface area (Å²) in [5.74, 6) is 0. The van der Waals surface area contributed by atoms with E-state index in [0.29, 0.717) is 6.10 Å². The van der Waals surface area contributed by atoms with E-state index in [2.05, 4.69) is 4.90 Å². The van der Waals surface area contributed by atoms with Crippen LogP contribution in [-0.4, -0.2) is 37.2 Å². The largest absolute Gasteiger partial charge is 0.377 e. The van der Waals surface area contributed by atoms with Gasteiger partial charge in [0.05, 0.1) is 6.10 Å². The van der Waals surface area contributed by atoms with Crippen LogP contribution in [0.1, 0.15) is 32.1 Å². The first-order valence-corrected chi connectivity index (χ1v) is 5.29. The molecule has 0 aromatic heterocycles. The second kappa shape index (κ2) is 4.24. The molecule has 2 aliphatic rings. The Morgan fingerprint density at radius 3 is 2.58 bits per heavy atom. The summed E-state index contributed by atoms with van der Waals surface area (Å²) >= 11 is 0. The summed E-state index contributed by atoms with van der Waals surface area (Å²) in [6, 6.07) is 0. The molecule has 0 radical (unpaired) electrons. The van der Waals surface area contributed by atoms with Crippen LogP contribution in [-0.2, 0) is 4.74 Å². The van der Waals surface area contributed by atoms with E-state index in [9.17, 15) is 0 Å². The van der Waals surface area contributed by atoms with Crippen LogP contribution in [0.25, 0.3) is 0 Å². The molecule has 2 heteroatoms. The molecule has 2 rings (SSSR count). The van der Waals surface area contributed by atoms with Gasteiger partial charge in [0.25, 0.3) is 0 Å². The molecule has 0 saturated carbocycles. The molecule has 1 unspecified atom stereocenters. The van der Waals surface area contributed by atoms with E-state index >= 15 is 0 Å². The highest BCUT2D eigenvalue weighted by Gasteiger charge is 2.19. The van der Waals surface area contributed by atoms with Gasteiger partial charge in [-0.15, -0.1) is 0 Å². The van der Waals surface area contributed by atoms with Gasteiger partial charge in [-0.05, 0) is 38.8 Å². The zero-order chi connectivity index (χ0) is 8.23. The minimum Gasteiger partial charge on any atom is -0.377 e. The standard InChI is InChI=1S/C10H19NO/c1-2-6-11(7-3-1)9-10-5-4-8-12-10/h10H,1-9H2. The van der Waals surface area contributed by atoms with Crippen molar-refractivity contribution in [1.82, 2.24) is 4.90 Å². The molecule has 2 aliphatic heterocycles. The molecule has 0 bridgehead atoms. The average molecular weight is 169 g/mol. The highest BCUT2D eigenvalue weighted by Crippen LogP contribution is 2.16. The fourth-order valence-corrected chi connectivity index (χ4v) is 2.22.